The minimum absolute atomic E-state index is 0.0881. The molecule has 0 spiro atoms. The fourth-order valence-electron chi connectivity index (χ4n) is 2.22. The first-order valence-corrected chi connectivity index (χ1v) is 6.63. The normalized spacial score (nSPS) is 18.2. The van der Waals surface area contributed by atoms with Crippen LogP contribution in [-0.2, 0) is 0 Å². The van der Waals surface area contributed by atoms with E-state index in [0.717, 1.165) is 18.4 Å². The highest BCUT2D eigenvalue weighted by atomic mass is 35.5. The van der Waals surface area contributed by atoms with E-state index in [1.807, 2.05) is 13.8 Å². The van der Waals surface area contributed by atoms with Crippen molar-refractivity contribution in [3.63, 3.8) is 0 Å². The van der Waals surface area contributed by atoms with E-state index in [0.29, 0.717) is 23.0 Å². The van der Waals surface area contributed by atoms with Gasteiger partial charge in [-0.3, -0.25) is 4.79 Å². The van der Waals surface area contributed by atoms with E-state index in [2.05, 4.69) is 5.32 Å². The summed E-state index contributed by atoms with van der Waals surface area (Å²) in [6, 6.07) is 5.37. The average molecular weight is 267 g/mol. The van der Waals surface area contributed by atoms with Crippen molar-refractivity contribution in [1.29, 1.82) is 0 Å². The molecule has 4 heteroatoms. The molecule has 1 aliphatic carbocycles. The van der Waals surface area contributed by atoms with Crippen molar-refractivity contribution in [2.45, 2.75) is 32.2 Å². The molecule has 1 aliphatic rings. The van der Waals surface area contributed by atoms with Gasteiger partial charge in [0, 0.05) is 17.1 Å². The molecule has 2 rings (SSSR count). The monoisotopic (exact) mass is 266 g/mol. The van der Waals surface area contributed by atoms with Gasteiger partial charge in [-0.2, -0.15) is 0 Å². The Morgan fingerprint density at radius 3 is 2.78 bits per heavy atom. The number of nitrogens with two attached hydrogens (primary N) is 1. The van der Waals surface area contributed by atoms with E-state index in [-0.39, 0.29) is 11.4 Å². The number of carbonyl (C=O) groups is 1. The Morgan fingerprint density at radius 2 is 2.22 bits per heavy atom. The third-order valence-electron chi connectivity index (χ3n) is 3.81. The molecule has 0 heterocycles. The number of hydrogen-bond donors (Lipinski definition) is 2. The third-order valence-corrected chi connectivity index (χ3v) is 4.22. The summed E-state index contributed by atoms with van der Waals surface area (Å²) in [6.45, 7) is 4.33. The van der Waals surface area contributed by atoms with Crippen molar-refractivity contribution in [1.82, 2.24) is 5.32 Å². The molecule has 3 N–H and O–H groups in total. The van der Waals surface area contributed by atoms with Gasteiger partial charge in [-0.05, 0) is 50.3 Å². The van der Waals surface area contributed by atoms with Gasteiger partial charge in [0.05, 0.1) is 5.54 Å². The molecule has 0 saturated heterocycles. The highest BCUT2D eigenvalue weighted by Gasteiger charge is 2.41. The number of rotatable bonds is 4. The maximum atomic E-state index is 12.3. The SMILES string of the molecule is Cc1c(Cl)cccc1C(=O)NC(C)(CN)C1CC1. The minimum atomic E-state index is -0.300. The van der Waals surface area contributed by atoms with Crippen LogP contribution in [0.4, 0.5) is 0 Å². The minimum Gasteiger partial charge on any atom is -0.345 e. The molecule has 98 valence electrons. The predicted octanol–water partition coefficient (Wildman–Crippen LogP) is 2.51. The zero-order valence-electron chi connectivity index (χ0n) is 10.8. The molecule has 18 heavy (non-hydrogen) atoms. The van der Waals surface area contributed by atoms with Crippen LogP contribution in [0.3, 0.4) is 0 Å². The molecule has 3 nitrogen and oxygen atoms in total. The second-order valence-corrected chi connectivity index (χ2v) is 5.67. The molecule has 0 bridgehead atoms. The number of halogens is 1. The summed E-state index contributed by atoms with van der Waals surface area (Å²) in [7, 11) is 0. The first-order valence-electron chi connectivity index (χ1n) is 6.25. The standard InChI is InChI=1S/C14H19ClN2O/c1-9-11(4-3-5-12(9)15)13(18)17-14(2,8-16)10-6-7-10/h3-5,10H,6-8,16H2,1-2H3,(H,17,18). The van der Waals surface area contributed by atoms with Crippen LogP contribution in [0, 0.1) is 12.8 Å². The second-order valence-electron chi connectivity index (χ2n) is 5.26. The zero-order chi connectivity index (χ0) is 13.3. The Morgan fingerprint density at radius 1 is 1.56 bits per heavy atom. The van der Waals surface area contributed by atoms with Gasteiger partial charge in [-0.25, -0.2) is 0 Å². The lowest BCUT2D eigenvalue weighted by Gasteiger charge is -2.29. The van der Waals surface area contributed by atoms with Crippen LogP contribution in [0.25, 0.3) is 0 Å². The Bertz CT molecular complexity index is 471. The smallest absolute Gasteiger partial charge is 0.252 e. The van der Waals surface area contributed by atoms with Gasteiger partial charge in [0.25, 0.3) is 5.91 Å². The van der Waals surface area contributed by atoms with Crippen molar-refractivity contribution < 1.29 is 4.79 Å². The van der Waals surface area contributed by atoms with Crippen molar-refractivity contribution >= 4 is 17.5 Å². The lowest BCUT2D eigenvalue weighted by molar-refractivity contribution is 0.0897. The van der Waals surface area contributed by atoms with Crippen LogP contribution in [0.1, 0.15) is 35.7 Å². The quantitative estimate of drug-likeness (QED) is 0.880. The van der Waals surface area contributed by atoms with Crippen LogP contribution in [0.15, 0.2) is 18.2 Å². The van der Waals surface area contributed by atoms with Crippen molar-refractivity contribution in [2.24, 2.45) is 11.7 Å². The summed E-state index contributed by atoms with van der Waals surface area (Å²) in [5.41, 5.74) is 6.94. The summed E-state index contributed by atoms with van der Waals surface area (Å²) in [5, 5.41) is 3.68. The van der Waals surface area contributed by atoms with Crippen LogP contribution < -0.4 is 11.1 Å². The molecule has 1 amide bonds. The maximum absolute atomic E-state index is 12.3. The van der Waals surface area contributed by atoms with Gasteiger partial charge in [0.15, 0.2) is 0 Å². The number of benzene rings is 1. The fraction of sp³-hybridized carbons (Fsp3) is 0.500. The van der Waals surface area contributed by atoms with E-state index in [9.17, 15) is 4.79 Å². The van der Waals surface area contributed by atoms with Crippen molar-refractivity contribution in [3.05, 3.63) is 34.3 Å². The van der Waals surface area contributed by atoms with Crippen molar-refractivity contribution in [2.75, 3.05) is 6.54 Å². The predicted molar refractivity (Wildman–Crippen MR) is 73.8 cm³/mol. The van der Waals surface area contributed by atoms with Gasteiger partial charge in [-0.1, -0.05) is 17.7 Å². The summed E-state index contributed by atoms with van der Waals surface area (Å²) in [5.74, 6) is 0.417. The molecule has 1 fully saturated rings. The number of hydrogen-bond acceptors (Lipinski definition) is 2. The van der Waals surface area contributed by atoms with Gasteiger partial charge < -0.3 is 11.1 Å². The van der Waals surface area contributed by atoms with E-state index in [4.69, 9.17) is 17.3 Å². The zero-order valence-corrected chi connectivity index (χ0v) is 11.6. The molecular formula is C14H19ClN2O. The van der Waals surface area contributed by atoms with E-state index < -0.39 is 0 Å². The summed E-state index contributed by atoms with van der Waals surface area (Å²) in [6.07, 6.45) is 2.28. The van der Waals surface area contributed by atoms with Gasteiger partial charge in [0.2, 0.25) is 0 Å². The van der Waals surface area contributed by atoms with E-state index in [1.165, 1.54) is 0 Å². The van der Waals surface area contributed by atoms with Crippen LogP contribution in [0.2, 0.25) is 5.02 Å². The van der Waals surface area contributed by atoms with Gasteiger partial charge in [-0.15, -0.1) is 0 Å². The Kier molecular flexibility index (Phi) is 3.64. The molecule has 1 atom stereocenters. The van der Waals surface area contributed by atoms with Gasteiger partial charge >= 0.3 is 0 Å². The van der Waals surface area contributed by atoms with E-state index >= 15 is 0 Å². The molecule has 1 unspecified atom stereocenters. The highest BCUT2D eigenvalue weighted by molar-refractivity contribution is 6.31. The lowest BCUT2D eigenvalue weighted by Crippen LogP contribution is -2.53. The van der Waals surface area contributed by atoms with Crippen LogP contribution in [-0.4, -0.2) is 18.0 Å². The number of amides is 1. The number of carbonyl (C=O) groups excluding carboxylic acids is 1. The molecule has 1 saturated carbocycles. The largest absolute Gasteiger partial charge is 0.345 e. The maximum Gasteiger partial charge on any atom is 0.252 e. The topological polar surface area (TPSA) is 55.1 Å². The summed E-state index contributed by atoms with van der Waals surface area (Å²) in [4.78, 5) is 12.3. The summed E-state index contributed by atoms with van der Waals surface area (Å²) < 4.78 is 0. The first-order chi connectivity index (χ1) is 8.48. The van der Waals surface area contributed by atoms with Gasteiger partial charge in [0.1, 0.15) is 0 Å². The van der Waals surface area contributed by atoms with E-state index in [1.54, 1.807) is 18.2 Å². The molecule has 1 aromatic rings. The van der Waals surface area contributed by atoms with Crippen LogP contribution >= 0.6 is 11.6 Å². The summed E-state index contributed by atoms with van der Waals surface area (Å²) >= 11 is 6.03. The molecular weight excluding hydrogens is 248 g/mol. The average Bonchev–Trinajstić information content (AvgIpc) is 3.16. The number of nitrogens with one attached hydrogen (secondary N) is 1. The third kappa shape index (κ3) is 2.52. The lowest BCUT2D eigenvalue weighted by atomic mass is 9.95. The highest BCUT2D eigenvalue weighted by Crippen LogP contribution is 2.39. The first kappa shape index (κ1) is 13.4. The second kappa shape index (κ2) is 4.90. The molecule has 0 aliphatic heterocycles. The van der Waals surface area contributed by atoms with Crippen LogP contribution in [0.5, 0.6) is 0 Å². The fourth-order valence-corrected chi connectivity index (χ4v) is 2.39. The Hall–Kier alpha value is -1.06. The molecule has 0 aromatic heterocycles. The molecule has 1 aromatic carbocycles. The Labute approximate surface area is 113 Å². The Balaban J connectivity index is 2.19. The molecule has 0 radical (unpaired) electrons. The van der Waals surface area contributed by atoms with Crippen molar-refractivity contribution in [3.8, 4) is 0 Å².